The Morgan fingerprint density at radius 2 is 1.95 bits per heavy atom. The van der Waals surface area contributed by atoms with Gasteiger partial charge in [-0.05, 0) is 36.4 Å². The van der Waals surface area contributed by atoms with Crippen molar-refractivity contribution in [3.8, 4) is 0 Å². The molecule has 0 aliphatic heterocycles. The van der Waals surface area contributed by atoms with Crippen LogP contribution in [-0.4, -0.2) is 13.1 Å². The minimum absolute atomic E-state index is 0.162. The van der Waals surface area contributed by atoms with Crippen molar-refractivity contribution in [2.24, 2.45) is 0 Å². The van der Waals surface area contributed by atoms with Gasteiger partial charge in [0.05, 0.1) is 7.11 Å². The van der Waals surface area contributed by atoms with Crippen LogP contribution in [0.4, 0.5) is 10.1 Å². The van der Waals surface area contributed by atoms with E-state index in [9.17, 15) is 9.18 Å². The van der Waals surface area contributed by atoms with Gasteiger partial charge in [-0.15, -0.1) is 0 Å². The molecule has 0 bridgehead atoms. The van der Waals surface area contributed by atoms with Gasteiger partial charge in [0.2, 0.25) is 0 Å². The van der Waals surface area contributed by atoms with Gasteiger partial charge in [0.25, 0.3) is 0 Å². The van der Waals surface area contributed by atoms with Crippen LogP contribution in [-0.2, 0) is 9.53 Å². The molecule has 0 saturated heterocycles. The van der Waals surface area contributed by atoms with Crippen LogP contribution in [0.5, 0.6) is 0 Å². The van der Waals surface area contributed by atoms with Crippen LogP contribution in [0.15, 0.2) is 46.9 Å². The lowest BCUT2D eigenvalue weighted by atomic mass is 10.1. The van der Waals surface area contributed by atoms with E-state index in [0.717, 1.165) is 10.5 Å². The van der Waals surface area contributed by atoms with Crippen LogP contribution < -0.4 is 5.32 Å². The first-order valence-electron chi connectivity index (χ1n) is 6.06. The fourth-order valence-electron chi connectivity index (χ4n) is 1.83. The average Bonchev–Trinajstić information content (AvgIpc) is 2.47. The number of benzene rings is 2. The maximum atomic E-state index is 13.1. The third-order valence-electron chi connectivity index (χ3n) is 2.87. The molecule has 0 saturated carbocycles. The van der Waals surface area contributed by atoms with Crippen LogP contribution in [0, 0.1) is 5.82 Å². The minimum Gasteiger partial charge on any atom is -0.467 e. The maximum absolute atomic E-state index is 13.1. The predicted molar refractivity (Wildman–Crippen MR) is 83.9 cm³/mol. The number of hydrogen-bond acceptors (Lipinski definition) is 3. The van der Waals surface area contributed by atoms with Crippen molar-refractivity contribution in [2.75, 3.05) is 12.4 Å². The molecule has 1 N–H and O–H groups in total. The zero-order valence-electron chi connectivity index (χ0n) is 11.1. The van der Waals surface area contributed by atoms with Gasteiger partial charge < -0.3 is 10.1 Å². The van der Waals surface area contributed by atoms with Crippen molar-refractivity contribution in [1.29, 1.82) is 0 Å². The largest absolute Gasteiger partial charge is 0.467 e. The lowest BCUT2D eigenvalue weighted by Gasteiger charge is -2.19. The van der Waals surface area contributed by atoms with E-state index in [-0.39, 0.29) is 5.02 Å². The van der Waals surface area contributed by atoms with Crippen LogP contribution in [0.25, 0.3) is 0 Å². The molecular formula is C15H12BrClFNO2. The van der Waals surface area contributed by atoms with Crippen molar-refractivity contribution < 1.29 is 13.9 Å². The summed E-state index contributed by atoms with van der Waals surface area (Å²) in [5, 5.41) is 3.19. The van der Waals surface area contributed by atoms with Gasteiger partial charge in [-0.2, -0.15) is 0 Å². The fraction of sp³-hybridized carbons (Fsp3) is 0.133. The lowest BCUT2D eigenvalue weighted by molar-refractivity contribution is -0.141. The zero-order valence-corrected chi connectivity index (χ0v) is 13.4. The van der Waals surface area contributed by atoms with Gasteiger partial charge in [-0.3, -0.25) is 0 Å². The van der Waals surface area contributed by atoms with Crippen LogP contribution in [0.1, 0.15) is 11.6 Å². The molecule has 0 spiro atoms. The molecular weight excluding hydrogens is 361 g/mol. The average molecular weight is 373 g/mol. The number of nitrogens with one attached hydrogen (secondary N) is 1. The standard InChI is InChI=1S/C15H12BrClFNO2/c1-21-15(20)14(12-7-4-10(18)8-13(12)17)19-11-5-2-9(16)3-6-11/h2-8,14,19H,1H3. The van der Waals surface area contributed by atoms with Crippen molar-refractivity contribution >= 4 is 39.2 Å². The molecule has 21 heavy (non-hydrogen) atoms. The summed E-state index contributed by atoms with van der Waals surface area (Å²) in [7, 11) is 1.29. The molecule has 3 nitrogen and oxygen atoms in total. The Morgan fingerprint density at radius 3 is 2.52 bits per heavy atom. The van der Waals surface area contributed by atoms with Crippen molar-refractivity contribution in [1.82, 2.24) is 0 Å². The Kier molecular flexibility index (Phi) is 5.20. The molecule has 6 heteroatoms. The van der Waals surface area contributed by atoms with Crippen molar-refractivity contribution in [3.05, 3.63) is 63.3 Å². The molecule has 0 aliphatic carbocycles. The summed E-state index contributed by atoms with van der Waals surface area (Å²) in [4.78, 5) is 12.0. The molecule has 1 atom stereocenters. The Balaban J connectivity index is 2.34. The van der Waals surface area contributed by atoms with E-state index in [0.29, 0.717) is 11.3 Å². The number of rotatable bonds is 4. The molecule has 0 amide bonds. The van der Waals surface area contributed by atoms with E-state index < -0.39 is 17.8 Å². The Bertz CT molecular complexity index is 649. The number of carbonyl (C=O) groups is 1. The second kappa shape index (κ2) is 6.91. The van der Waals surface area contributed by atoms with E-state index in [1.54, 1.807) is 12.1 Å². The number of halogens is 3. The summed E-state index contributed by atoms with van der Waals surface area (Å²) in [6.45, 7) is 0. The van der Waals surface area contributed by atoms with E-state index >= 15 is 0 Å². The van der Waals surface area contributed by atoms with Crippen LogP contribution in [0.3, 0.4) is 0 Å². The topological polar surface area (TPSA) is 38.3 Å². The van der Waals surface area contributed by atoms with Crippen LogP contribution >= 0.6 is 27.5 Å². The second-order valence-corrected chi connectivity index (χ2v) is 5.60. The molecule has 1 unspecified atom stereocenters. The molecule has 2 aromatic rings. The molecule has 0 aromatic heterocycles. The SMILES string of the molecule is COC(=O)C(Nc1ccc(Br)cc1)c1ccc(F)cc1Cl. The highest BCUT2D eigenvalue weighted by Crippen LogP contribution is 2.28. The quantitative estimate of drug-likeness (QED) is 0.799. The zero-order chi connectivity index (χ0) is 15.4. The first-order chi connectivity index (χ1) is 10.0. The minimum atomic E-state index is -0.815. The predicted octanol–water partition coefficient (Wildman–Crippen LogP) is 4.57. The van der Waals surface area contributed by atoms with Crippen LogP contribution in [0.2, 0.25) is 5.02 Å². The molecule has 2 rings (SSSR count). The van der Waals surface area contributed by atoms with Crippen molar-refractivity contribution in [2.45, 2.75) is 6.04 Å². The molecule has 0 aliphatic rings. The van der Waals surface area contributed by atoms with Crippen molar-refractivity contribution in [3.63, 3.8) is 0 Å². The smallest absolute Gasteiger partial charge is 0.333 e. The number of hydrogen-bond donors (Lipinski definition) is 1. The molecule has 0 fully saturated rings. The Morgan fingerprint density at radius 1 is 1.29 bits per heavy atom. The summed E-state index contributed by atoms with van der Waals surface area (Å²) in [6, 6.07) is 10.3. The second-order valence-electron chi connectivity index (χ2n) is 4.27. The third kappa shape index (κ3) is 3.95. The summed E-state index contributed by atoms with van der Waals surface area (Å²) in [5.41, 5.74) is 1.17. The summed E-state index contributed by atoms with van der Waals surface area (Å²) < 4.78 is 18.8. The highest BCUT2D eigenvalue weighted by atomic mass is 79.9. The van der Waals surface area contributed by atoms with E-state index in [1.165, 1.54) is 19.2 Å². The van der Waals surface area contributed by atoms with E-state index in [1.807, 2.05) is 12.1 Å². The van der Waals surface area contributed by atoms with E-state index in [2.05, 4.69) is 21.2 Å². The lowest BCUT2D eigenvalue weighted by Crippen LogP contribution is -2.22. The Labute approximate surface area is 135 Å². The van der Waals surface area contributed by atoms with Gasteiger partial charge in [-0.25, -0.2) is 9.18 Å². The fourth-order valence-corrected chi connectivity index (χ4v) is 2.37. The molecule has 2 aromatic carbocycles. The first kappa shape index (κ1) is 15.8. The molecule has 0 radical (unpaired) electrons. The number of esters is 1. The molecule has 0 heterocycles. The first-order valence-corrected chi connectivity index (χ1v) is 7.23. The highest BCUT2D eigenvalue weighted by Gasteiger charge is 2.24. The number of methoxy groups -OCH3 is 1. The Hall–Kier alpha value is -1.59. The van der Waals surface area contributed by atoms with Gasteiger partial charge in [0.15, 0.2) is 6.04 Å². The monoisotopic (exact) mass is 371 g/mol. The number of ether oxygens (including phenoxy) is 1. The highest BCUT2D eigenvalue weighted by molar-refractivity contribution is 9.10. The maximum Gasteiger partial charge on any atom is 0.333 e. The summed E-state index contributed by atoms with van der Waals surface area (Å²) in [6.07, 6.45) is 0. The summed E-state index contributed by atoms with van der Waals surface area (Å²) >= 11 is 9.36. The normalized spacial score (nSPS) is 11.8. The summed E-state index contributed by atoms with van der Waals surface area (Å²) in [5.74, 6) is -0.970. The van der Waals surface area contributed by atoms with Gasteiger partial charge in [0, 0.05) is 20.7 Å². The van der Waals surface area contributed by atoms with Gasteiger partial charge in [-0.1, -0.05) is 33.6 Å². The molecule has 110 valence electrons. The number of anilines is 1. The third-order valence-corrected chi connectivity index (χ3v) is 3.72. The number of carbonyl (C=O) groups excluding carboxylic acids is 1. The van der Waals surface area contributed by atoms with Gasteiger partial charge in [0.1, 0.15) is 5.82 Å². The van der Waals surface area contributed by atoms with E-state index in [4.69, 9.17) is 16.3 Å². The van der Waals surface area contributed by atoms with Gasteiger partial charge >= 0.3 is 5.97 Å².